The summed E-state index contributed by atoms with van der Waals surface area (Å²) in [7, 11) is 0. The molecule has 0 aromatic carbocycles. The van der Waals surface area contributed by atoms with E-state index in [1.807, 2.05) is 0 Å². The molecule has 0 bridgehead atoms. The predicted octanol–water partition coefficient (Wildman–Crippen LogP) is 2.46. The second-order valence-corrected chi connectivity index (χ2v) is 5.77. The zero-order chi connectivity index (χ0) is 15.1. The lowest BCUT2D eigenvalue weighted by molar-refractivity contribution is 0.244. The van der Waals surface area contributed by atoms with E-state index in [1.54, 1.807) is 6.33 Å². The molecule has 5 nitrogen and oxygen atoms in total. The molecule has 2 heterocycles. The van der Waals surface area contributed by atoms with Gasteiger partial charge in [0.2, 0.25) is 0 Å². The van der Waals surface area contributed by atoms with Gasteiger partial charge in [0, 0.05) is 31.8 Å². The van der Waals surface area contributed by atoms with Crippen molar-refractivity contribution in [2.75, 3.05) is 36.5 Å². The van der Waals surface area contributed by atoms with Crippen LogP contribution >= 0.6 is 0 Å². The van der Waals surface area contributed by atoms with Crippen molar-refractivity contribution in [2.45, 2.75) is 46.0 Å². The average molecular weight is 292 g/mol. The third kappa shape index (κ3) is 4.06. The SMILES string of the molecule is CCCc1c(NCC)ncnc1N1CCCC(CCO)C1. The van der Waals surface area contributed by atoms with Gasteiger partial charge in [0.05, 0.1) is 0 Å². The second kappa shape index (κ2) is 8.17. The summed E-state index contributed by atoms with van der Waals surface area (Å²) in [5.41, 5.74) is 1.24. The number of nitrogens with one attached hydrogen (secondary N) is 1. The number of aromatic nitrogens is 2. The van der Waals surface area contributed by atoms with Crippen LogP contribution in [-0.2, 0) is 6.42 Å². The fraction of sp³-hybridized carbons (Fsp3) is 0.750. The predicted molar refractivity (Wildman–Crippen MR) is 86.8 cm³/mol. The van der Waals surface area contributed by atoms with Crippen LogP contribution in [0.3, 0.4) is 0 Å². The van der Waals surface area contributed by atoms with E-state index in [0.717, 1.165) is 50.5 Å². The number of aliphatic hydroxyl groups is 1. The molecule has 1 atom stereocenters. The highest BCUT2D eigenvalue weighted by Crippen LogP contribution is 2.29. The molecule has 21 heavy (non-hydrogen) atoms. The molecule has 0 radical (unpaired) electrons. The Kier molecular flexibility index (Phi) is 6.23. The molecule has 1 saturated heterocycles. The van der Waals surface area contributed by atoms with Crippen molar-refractivity contribution >= 4 is 11.6 Å². The molecule has 1 aromatic rings. The van der Waals surface area contributed by atoms with Crippen molar-refractivity contribution < 1.29 is 5.11 Å². The quantitative estimate of drug-likeness (QED) is 0.808. The van der Waals surface area contributed by atoms with E-state index in [0.29, 0.717) is 5.92 Å². The van der Waals surface area contributed by atoms with E-state index in [4.69, 9.17) is 0 Å². The zero-order valence-corrected chi connectivity index (χ0v) is 13.3. The van der Waals surface area contributed by atoms with Gasteiger partial charge in [-0.1, -0.05) is 13.3 Å². The summed E-state index contributed by atoms with van der Waals surface area (Å²) in [6.45, 7) is 7.50. The number of hydrogen-bond donors (Lipinski definition) is 2. The first-order valence-electron chi connectivity index (χ1n) is 8.23. The van der Waals surface area contributed by atoms with Gasteiger partial charge < -0.3 is 15.3 Å². The van der Waals surface area contributed by atoms with E-state index < -0.39 is 0 Å². The summed E-state index contributed by atoms with van der Waals surface area (Å²) >= 11 is 0. The minimum Gasteiger partial charge on any atom is -0.396 e. The maximum Gasteiger partial charge on any atom is 0.137 e. The molecule has 0 amide bonds. The molecule has 2 rings (SSSR count). The van der Waals surface area contributed by atoms with Crippen molar-refractivity contribution in [3.05, 3.63) is 11.9 Å². The summed E-state index contributed by atoms with van der Waals surface area (Å²) in [6, 6.07) is 0. The highest BCUT2D eigenvalue weighted by atomic mass is 16.3. The molecule has 118 valence electrons. The van der Waals surface area contributed by atoms with Crippen molar-refractivity contribution in [2.24, 2.45) is 5.92 Å². The fourth-order valence-electron chi connectivity index (χ4n) is 3.15. The average Bonchev–Trinajstić information content (AvgIpc) is 2.50. The van der Waals surface area contributed by atoms with E-state index in [1.165, 1.54) is 18.4 Å². The Morgan fingerprint density at radius 3 is 2.95 bits per heavy atom. The van der Waals surface area contributed by atoms with Crippen molar-refractivity contribution in [1.29, 1.82) is 0 Å². The fourth-order valence-corrected chi connectivity index (χ4v) is 3.15. The van der Waals surface area contributed by atoms with Crippen LogP contribution in [0.2, 0.25) is 0 Å². The van der Waals surface area contributed by atoms with Crippen LogP contribution < -0.4 is 10.2 Å². The highest BCUT2D eigenvalue weighted by molar-refractivity contribution is 5.59. The molecule has 2 N–H and O–H groups in total. The number of rotatable bonds is 7. The van der Waals surface area contributed by atoms with Crippen LogP contribution in [0.25, 0.3) is 0 Å². The van der Waals surface area contributed by atoms with E-state index in [-0.39, 0.29) is 6.61 Å². The number of anilines is 2. The van der Waals surface area contributed by atoms with Crippen LogP contribution in [0.5, 0.6) is 0 Å². The van der Waals surface area contributed by atoms with Crippen molar-refractivity contribution in [1.82, 2.24) is 9.97 Å². The first kappa shape index (κ1) is 16.0. The third-order valence-electron chi connectivity index (χ3n) is 4.12. The monoisotopic (exact) mass is 292 g/mol. The lowest BCUT2D eigenvalue weighted by Gasteiger charge is -2.34. The number of nitrogens with zero attached hydrogens (tertiary/aromatic N) is 3. The van der Waals surface area contributed by atoms with Gasteiger partial charge in [0.15, 0.2) is 0 Å². The Morgan fingerprint density at radius 1 is 1.38 bits per heavy atom. The zero-order valence-electron chi connectivity index (χ0n) is 13.3. The minimum absolute atomic E-state index is 0.284. The van der Waals surface area contributed by atoms with Gasteiger partial charge in [-0.25, -0.2) is 9.97 Å². The maximum atomic E-state index is 9.17. The van der Waals surface area contributed by atoms with E-state index >= 15 is 0 Å². The topological polar surface area (TPSA) is 61.3 Å². The third-order valence-corrected chi connectivity index (χ3v) is 4.12. The number of hydrogen-bond acceptors (Lipinski definition) is 5. The van der Waals surface area contributed by atoms with Gasteiger partial charge in [0.1, 0.15) is 18.0 Å². The molecule has 0 saturated carbocycles. The summed E-state index contributed by atoms with van der Waals surface area (Å²) in [5, 5.41) is 12.5. The molecule has 0 spiro atoms. The first-order chi connectivity index (χ1) is 10.3. The second-order valence-electron chi connectivity index (χ2n) is 5.77. The van der Waals surface area contributed by atoms with Crippen LogP contribution in [0, 0.1) is 5.92 Å². The Balaban J connectivity index is 2.22. The Morgan fingerprint density at radius 2 is 2.24 bits per heavy atom. The van der Waals surface area contributed by atoms with E-state index in [9.17, 15) is 5.11 Å². The Hall–Kier alpha value is -1.36. The minimum atomic E-state index is 0.284. The molecule has 1 aromatic heterocycles. The highest BCUT2D eigenvalue weighted by Gasteiger charge is 2.23. The molecule has 1 aliphatic rings. The van der Waals surface area contributed by atoms with Crippen LogP contribution in [-0.4, -0.2) is 41.3 Å². The molecule has 1 fully saturated rings. The molecule has 5 heteroatoms. The lowest BCUT2D eigenvalue weighted by Crippen LogP contribution is -2.37. The summed E-state index contributed by atoms with van der Waals surface area (Å²) in [4.78, 5) is 11.4. The van der Waals surface area contributed by atoms with Crippen molar-refractivity contribution in [3.63, 3.8) is 0 Å². The van der Waals surface area contributed by atoms with Gasteiger partial charge in [-0.2, -0.15) is 0 Å². The molecular weight excluding hydrogens is 264 g/mol. The normalized spacial score (nSPS) is 18.8. The standard InChI is InChI=1S/C16H28N4O/c1-3-6-14-15(17-4-2)18-12-19-16(14)20-9-5-7-13(11-20)8-10-21/h12-13,21H,3-11H2,1-2H3,(H,17,18,19). The molecule has 1 aliphatic heterocycles. The Labute approximate surface area is 127 Å². The largest absolute Gasteiger partial charge is 0.396 e. The van der Waals surface area contributed by atoms with Gasteiger partial charge in [0.25, 0.3) is 0 Å². The van der Waals surface area contributed by atoms with Crippen LogP contribution in [0.1, 0.15) is 45.1 Å². The summed E-state index contributed by atoms with van der Waals surface area (Å²) < 4.78 is 0. The van der Waals surface area contributed by atoms with Crippen LogP contribution in [0.15, 0.2) is 6.33 Å². The molecule has 0 aliphatic carbocycles. The molecule has 1 unspecified atom stereocenters. The first-order valence-corrected chi connectivity index (χ1v) is 8.23. The smallest absolute Gasteiger partial charge is 0.137 e. The Bertz CT molecular complexity index is 436. The summed E-state index contributed by atoms with van der Waals surface area (Å²) in [6.07, 6.45) is 7.04. The van der Waals surface area contributed by atoms with Gasteiger partial charge in [-0.05, 0) is 38.5 Å². The van der Waals surface area contributed by atoms with E-state index in [2.05, 4.69) is 34.0 Å². The lowest BCUT2D eigenvalue weighted by atomic mass is 9.94. The maximum absolute atomic E-state index is 9.17. The van der Waals surface area contributed by atoms with Gasteiger partial charge in [-0.15, -0.1) is 0 Å². The van der Waals surface area contributed by atoms with Gasteiger partial charge in [-0.3, -0.25) is 0 Å². The van der Waals surface area contributed by atoms with Gasteiger partial charge >= 0.3 is 0 Å². The van der Waals surface area contributed by atoms with Crippen molar-refractivity contribution in [3.8, 4) is 0 Å². The number of aliphatic hydroxyl groups excluding tert-OH is 1. The summed E-state index contributed by atoms with van der Waals surface area (Å²) in [5.74, 6) is 2.65. The van der Waals surface area contributed by atoms with Crippen LogP contribution in [0.4, 0.5) is 11.6 Å². The molecular formula is C16H28N4O. The number of piperidine rings is 1.